The Balaban J connectivity index is 2.04. The first-order chi connectivity index (χ1) is 12.0. The van der Waals surface area contributed by atoms with Crippen molar-refractivity contribution in [3.8, 4) is 0 Å². The van der Waals surface area contributed by atoms with Crippen molar-refractivity contribution in [2.45, 2.75) is 13.5 Å². The number of hydrogen-bond acceptors (Lipinski definition) is 5. The number of hydrogen-bond donors (Lipinski definition) is 1. The molecule has 0 unspecified atom stereocenters. The third-order valence-electron chi connectivity index (χ3n) is 3.95. The van der Waals surface area contributed by atoms with Gasteiger partial charge in [0.1, 0.15) is 0 Å². The molecule has 25 heavy (non-hydrogen) atoms. The molecule has 9 heteroatoms. The third kappa shape index (κ3) is 2.85. The number of aryl methyl sites for hydroxylation is 2. The summed E-state index contributed by atoms with van der Waals surface area (Å²) in [5.74, 6) is 0.347. The molecule has 2 aromatic heterocycles. The van der Waals surface area contributed by atoms with E-state index in [1.165, 1.54) is 9.13 Å². The van der Waals surface area contributed by atoms with E-state index in [2.05, 4.69) is 15.5 Å². The molecule has 0 aliphatic rings. The Bertz CT molecular complexity index is 1090. The van der Waals surface area contributed by atoms with Crippen LogP contribution in [0.15, 0.2) is 39.0 Å². The molecule has 0 bridgehead atoms. The van der Waals surface area contributed by atoms with Crippen LogP contribution in [-0.2, 0) is 20.6 Å². The molecule has 8 nitrogen and oxygen atoms in total. The summed E-state index contributed by atoms with van der Waals surface area (Å²) in [6.45, 7) is 2.04. The van der Waals surface area contributed by atoms with Gasteiger partial charge in [-0.3, -0.25) is 13.9 Å². The second kappa shape index (κ2) is 6.56. The normalized spacial score (nSPS) is 11.5. The number of halogens is 1. The van der Waals surface area contributed by atoms with Crippen LogP contribution >= 0.6 is 11.6 Å². The van der Waals surface area contributed by atoms with Crippen LogP contribution in [0, 0.1) is 0 Å². The Hall–Kier alpha value is -2.87. The fourth-order valence-electron chi connectivity index (χ4n) is 2.56. The van der Waals surface area contributed by atoms with Crippen LogP contribution < -0.4 is 16.7 Å². The monoisotopic (exact) mass is 360 g/mol. The number of nitrogens with zero attached hydrogens (tertiary/aromatic N) is 5. The van der Waals surface area contributed by atoms with Crippen molar-refractivity contribution in [2.75, 3.05) is 5.43 Å². The first kappa shape index (κ1) is 17.0. The van der Waals surface area contributed by atoms with E-state index in [0.717, 1.165) is 5.56 Å². The second-order valence-corrected chi connectivity index (χ2v) is 5.86. The predicted octanol–water partition coefficient (Wildman–Crippen LogP) is 1.55. The van der Waals surface area contributed by atoms with Gasteiger partial charge in [-0.05, 0) is 13.0 Å². The van der Waals surface area contributed by atoms with Crippen LogP contribution in [0.25, 0.3) is 11.2 Å². The summed E-state index contributed by atoms with van der Waals surface area (Å²) >= 11 is 6.07. The number of aromatic nitrogens is 4. The molecular formula is C16H17ClN6O2. The lowest BCUT2D eigenvalue weighted by atomic mass is 10.2. The van der Waals surface area contributed by atoms with Gasteiger partial charge < -0.3 is 4.57 Å². The van der Waals surface area contributed by atoms with E-state index in [1.807, 2.05) is 18.2 Å². The van der Waals surface area contributed by atoms with Crippen LogP contribution in [0.5, 0.6) is 0 Å². The number of imidazole rings is 1. The minimum Gasteiger partial charge on any atom is -0.306 e. The average molecular weight is 361 g/mol. The van der Waals surface area contributed by atoms with E-state index in [4.69, 9.17) is 11.6 Å². The van der Waals surface area contributed by atoms with Gasteiger partial charge in [0.2, 0.25) is 5.95 Å². The van der Waals surface area contributed by atoms with Crippen molar-refractivity contribution in [2.24, 2.45) is 19.2 Å². The van der Waals surface area contributed by atoms with Crippen LogP contribution in [0.1, 0.15) is 12.5 Å². The van der Waals surface area contributed by atoms with E-state index < -0.39 is 5.69 Å². The molecule has 0 aliphatic carbocycles. The van der Waals surface area contributed by atoms with E-state index in [-0.39, 0.29) is 5.56 Å². The van der Waals surface area contributed by atoms with Gasteiger partial charge in [0.05, 0.1) is 6.21 Å². The third-order valence-corrected chi connectivity index (χ3v) is 4.29. The number of fused-ring (bicyclic) bond motifs is 1. The number of rotatable bonds is 4. The Labute approximate surface area is 148 Å². The van der Waals surface area contributed by atoms with Gasteiger partial charge in [-0.15, -0.1) is 0 Å². The summed E-state index contributed by atoms with van der Waals surface area (Å²) < 4.78 is 4.09. The molecule has 0 aliphatic heterocycles. The van der Waals surface area contributed by atoms with Crippen molar-refractivity contribution >= 4 is 34.9 Å². The zero-order valence-corrected chi connectivity index (χ0v) is 14.8. The van der Waals surface area contributed by atoms with E-state index in [9.17, 15) is 9.59 Å². The number of nitrogens with one attached hydrogen (secondary N) is 1. The lowest BCUT2D eigenvalue weighted by molar-refractivity contribution is 0.635. The molecule has 3 rings (SSSR count). The minimum atomic E-state index is -0.399. The maximum atomic E-state index is 12.5. The molecule has 0 atom stereocenters. The van der Waals surface area contributed by atoms with Crippen molar-refractivity contribution < 1.29 is 0 Å². The number of hydrazone groups is 1. The largest absolute Gasteiger partial charge is 0.332 e. The van der Waals surface area contributed by atoms with Crippen LogP contribution in [0.3, 0.4) is 0 Å². The molecule has 0 saturated heterocycles. The molecule has 2 heterocycles. The molecule has 3 aromatic rings. The SMILES string of the molecule is CCn1c(=O)c2c(nc(NN=Cc3ccccc3Cl)n2C)n(C)c1=O. The van der Waals surface area contributed by atoms with Gasteiger partial charge in [0.25, 0.3) is 5.56 Å². The standard InChI is InChI=1S/C16H17ClN6O2/c1-4-23-14(24)12-13(22(3)16(23)25)19-15(21(12)2)20-18-9-10-7-5-6-8-11(10)17/h5-9H,4H2,1-3H3,(H,19,20). The fraction of sp³-hybridized carbons (Fsp3) is 0.250. The molecule has 130 valence electrons. The van der Waals surface area contributed by atoms with Crippen LogP contribution in [0.2, 0.25) is 5.02 Å². The molecule has 0 fully saturated rings. The van der Waals surface area contributed by atoms with Crippen molar-refractivity contribution in [1.82, 2.24) is 18.7 Å². The van der Waals surface area contributed by atoms with Crippen molar-refractivity contribution in [1.29, 1.82) is 0 Å². The van der Waals surface area contributed by atoms with Crippen molar-refractivity contribution in [3.63, 3.8) is 0 Å². The first-order valence-corrected chi connectivity index (χ1v) is 8.03. The highest BCUT2D eigenvalue weighted by Crippen LogP contribution is 2.14. The molecule has 0 saturated carbocycles. The maximum absolute atomic E-state index is 12.5. The highest BCUT2D eigenvalue weighted by Gasteiger charge is 2.17. The summed E-state index contributed by atoms with van der Waals surface area (Å²) in [5, 5.41) is 4.69. The summed E-state index contributed by atoms with van der Waals surface area (Å²) in [5.41, 5.74) is 3.40. The summed E-state index contributed by atoms with van der Waals surface area (Å²) in [4.78, 5) is 29.0. The first-order valence-electron chi connectivity index (χ1n) is 7.65. The van der Waals surface area contributed by atoms with Gasteiger partial charge in [0.15, 0.2) is 11.2 Å². The lowest BCUT2D eigenvalue weighted by Gasteiger charge is -2.05. The Morgan fingerprint density at radius 1 is 1.24 bits per heavy atom. The van der Waals surface area contributed by atoms with Crippen LogP contribution in [-0.4, -0.2) is 24.9 Å². The van der Waals surface area contributed by atoms with Crippen LogP contribution in [0.4, 0.5) is 5.95 Å². The zero-order valence-electron chi connectivity index (χ0n) is 14.0. The molecule has 0 spiro atoms. The van der Waals surface area contributed by atoms with E-state index in [1.54, 1.807) is 37.9 Å². The fourth-order valence-corrected chi connectivity index (χ4v) is 2.75. The van der Waals surface area contributed by atoms with E-state index in [0.29, 0.717) is 28.7 Å². The van der Waals surface area contributed by atoms with Gasteiger partial charge in [-0.25, -0.2) is 10.2 Å². The molecule has 1 aromatic carbocycles. The van der Waals surface area contributed by atoms with E-state index >= 15 is 0 Å². The molecule has 1 N–H and O–H groups in total. The Morgan fingerprint density at radius 2 is 1.96 bits per heavy atom. The maximum Gasteiger partial charge on any atom is 0.332 e. The molecule has 0 amide bonds. The van der Waals surface area contributed by atoms with Gasteiger partial charge in [0, 0.05) is 31.2 Å². The second-order valence-electron chi connectivity index (χ2n) is 5.45. The van der Waals surface area contributed by atoms with Crippen molar-refractivity contribution in [3.05, 3.63) is 55.7 Å². The van der Waals surface area contributed by atoms with Gasteiger partial charge in [-0.2, -0.15) is 10.1 Å². The number of benzene rings is 1. The molecular weight excluding hydrogens is 344 g/mol. The lowest BCUT2D eigenvalue weighted by Crippen LogP contribution is -2.39. The smallest absolute Gasteiger partial charge is 0.306 e. The van der Waals surface area contributed by atoms with Gasteiger partial charge >= 0.3 is 5.69 Å². The Kier molecular flexibility index (Phi) is 4.45. The minimum absolute atomic E-state index is 0.292. The van der Waals surface area contributed by atoms with Gasteiger partial charge in [-0.1, -0.05) is 29.8 Å². The zero-order chi connectivity index (χ0) is 18.1. The highest BCUT2D eigenvalue weighted by molar-refractivity contribution is 6.33. The predicted molar refractivity (Wildman–Crippen MR) is 98.6 cm³/mol. The Morgan fingerprint density at radius 3 is 2.64 bits per heavy atom. The quantitative estimate of drug-likeness (QED) is 0.565. The summed E-state index contributed by atoms with van der Waals surface area (Å²) in [6, 6.07) is 7.27. The average Bonchev–Trinajstić information content (AvgIpc) is 2.92. The topological polar surface area (TPSA) is 86.2 Å². The highest BCUT2D eigenvalue weighted by atomic mass is 35.5. The number of anilines is 1. The summed E-state index contributed by atoms with van der Waals surface area (Å²) in [7, 11) is 3.27. The molecule has 0 radical (unpaired) electrons. The summed E-state index contributed by atoms with van der Waals surface area (Å²) in [6.07, 6.45) is 1.56.